The van der Waals surface area contributed by atoms with Crippen LogP contribution in [0.15, 0.2) is 0 Å². The van der Waals surface area contributed by atoms with Gasteiger partial charge in [-0.05, 0) is 23.2 Å². The average Bonchev–Trinajstić information content (AvgIpc) is 1.81. The first-order valence-corrected chi connectivity index (χ1v) is 4.77. The third-order valence-corrected chi connectivity index (χ3v) is 1.82. The van der Waals surface area contributed by atoms with Crippen LogP contribution in [0.4, 0.5) is 0 Å². The Morgan fingerprint density at radius 2 is 2.12 bits per heavy atom. The fourth-order valence-electron chi connectivity index (χ4n) is 0.224. The van der Waals surface area contributed by atoms with E-state index in [-0.39, 0.29) is 0 Å². The lowest BCUT2D eigenvalue weighted by molar-refractivity contribution is 1.11. The van der Waals surface area contributed by atoms with Crippen LogP contribution in [-0.4, -0.2) is 12.0 Å². The molecule has 0 aromatic heterocycles. The molecular formula is C6H10S2. The molecule has 0 radical (unpaired) electrons. The quantitative estimate of drug-likeness (QED) is 0.433. The fourth-order valence-corrected chi connectivity index (χ4v) is 1.10. The summed E-state index contributed by atoms with van der Waals surface area (Å²) in [6.45, 7) is 2.16. The van der Waals surface area contributed by atoms with Crippen molar-refractivity contribution in [3.8, 4) is 10.5 Å². The summed E-state index contributed by atoms with van der Waals surface area (Å²) < 4.78 is 0. The Labute approximate surface area is 59.8 Å². The Balaban J connectivity index is 2.90. The van der Waals surface area contributed by atoms with Crippen molar-refractivity contribution in [2.75, 3.05) is 12.0 Å². The van der Waals surface area contributed by atoms with Crippen LogP contribution in [0.1, 0.15) is 13.3 Å². The van der Waals surface area contributed by atoms with E-state index in [4.69, 9.17) is 0 Å². The Hall–Kier alpha value is 0.260. The van der Waals surface area contributed by atoms with E-state index in [0.717, 1.165) is 5.75 Å². The molecule has 8 heavy (non-hydrogen) atoms. The molecule has 0 unspecified atom stereocenters. The van der Waals surface area contributed by atoms with Crippen LogP contribution in [0.5, 0.6) is 0 Å². The Bertz CT molecular complexity index is 88.4. The standard InChI is InChI=1S/C6H10S2/c1-3-4-8-6-5-7-2/h3-4H2,1-2H3. The second-order valence-corrected chi connectivity index (χ2v) is 2.77. The largest absolute Gasteiger partial charge is 0.0776 e. The van der Waals surface area contributed by atoms with Crippen molar-refractivity contribution in [2.24, 2.45) is 0 Å². The van der Waals surface area contributed by atoms with Crippen LogP contribution in [-0.2, 0) is 0 Å². The summed E-state index contributed by atoms with van der Waals surface area (Å²) in [5, 5.41) is 5.88. The highest BCUT2D eigenvalue weighted by Gasteiger charge is 1.74. The molecule has 0 nitrogen and oxygen atoms in total. The highest BCUT2D eigenvalue weighted by molar-refractivity contribution is 8.06. The highest BCUT2D eigenvalue weighted by Crippen LogP contribution is 1.99. The zero-order valence-electron chi connectivity index (χ0n) is 5.23. The molecule has 0 heterocycles. The van der Waals surface area contributed by atoms with Gasteiger partial charge in [0.1, 0.15) is 0 Å². The van der Waals surface area contributed by atoms with E-state index in [1.54, 1.807) is 23.5 Å². The van der Waals surface area contributed by atoms with E-state index in [0.29, 0.717) is 0 Å². The van der Waals surface area contributed by atoms with Gasteiger partial charge in [-0.25, -0.2) is 0 Å². The van der Waals surface area contributed by atoms with E-state index in [2.05, 4.69) is 17.4 Å². The molecule has 46 valence electrons. The van der Waals surface area contributed by atoms with E-state index in [1.807, 2.05) is 6.26 Å². The van der Waals surface area contributed by atoms with E-state index in [9.17, 15) is 0 Å². The minimum atomic E-state index is 1.16. The van der Waals surface area contributed by atoms with Gasteiger partial charge < -0.3 is 0 Å². The van der Waals surface area contributed by atoms with Crippen molar-refractivity contribution >= 4 is 23.5 Å². The SMILES string of the molecule is CCCSC#CSC. The van der Waals surface area contributed by atoms with Gasteiger partial charge in [-0.2, -0.15) is 0 Å². The van der Waals surface area contributed by atoms with E-state index < -0.39 is 0 Å². The molecule has 0 amide bonds. The van der Waals surface area contributed by atoms with E-state index in [1.165, 1.54) is 6.42 Å². The summed E-state index contributed by atoms with van der Waals surface area (Å²) in [7, 11) is 0. The molecule has 0 saturated heterocycles. The average molecular weight is 146 g/mol. The van der Waals surface area contributed by atoms with Gasteiger partial charge in [-0.1, -0.05) is 30.4 Å². The predicted molar refractivity (Wildman–Crippen MR) is 44.0 cm³/mol. The summed E-state index contributed by atoms with van der Waals surface area (Å²) >= 11 is 3.27. The third-order valence-electron chi connectivity index (χ3n) is 0.522. The lowest BCUT2D eigenvalue weighted by Crippen LogP contribution is -1.65. The normalized spacial score (nSPS) is 7.75. The topological polar surface area (TPSA) is 0 Å². The Kier molecular flexibility index (Phi) is 7.50. The highest BCUT2D eigenvalue weighted by atomic mass is 32.2. The maximum Gasteiger partial charge on any atom is 0.00543 e. The number of thioether (sulfide) groups is 2. The summed E-state index contributed by atoms with van der Waals surface area (Å²) in [6.07, 6.45) is 3.20. The molecule has 0 aromatic rings. The van der Waals surface area contributed by atoms with Crippen molar-refractivity contribution in [1.82, 2.24) is 0 Å². The molecule has 0 fully saturated rings. The maximum absolute atomic E-state index is 2.97. The van der Waals surface area contributed by atoms with Gasteiger partial charge in [0.25, 0.3) is 0 Å². The minimum Gasteiger partial charge on any atom is -0.0776 e. The summed E-state index contributed by atoms with van der Waals surface area (Å²) in [4.78, 5) is 0. The van der Waals surface area contributed by atoms with Gasteiger partial charge in [0.05, 0.1) is 0 Å². The smallest absolute Gasteiger partial charge is 0.00543 e. The van der Waals surface area contributed by atoms with Gasteiger partial charge in [-0.15, -0.1) is 0 Å². The Morgan fingerprint density at radius 1 is 1.38 bits per heavy atom. The van der Waals surface area contributed by atoms with Gasteiger partial charge in [0.2, 0.25) is 0 Å². The lowest BCUT2D eigenvalue weighted by Gasteiger charge is -1.81. The van der Waals surface area contributed by atoms with Crippen molar-refractivity contribution < 1.29 is 0 Å². The zero-order chi connectivity index (χ0) is 6.24. The summed E-state index contributed by atoms with van der Waals surface area (Å²) in [5.74, 6) is 1.16. The van der Waals surface area contributed by atoms with E-state index >= 15 is 0 Å². The zero-order valence-corrected chi connectivity index (χ0v) is 6.86. The lowest BCUT2D eigenvalue weighted by atomic mass is 10.6. The molecule has 0 rings (SSSR count). The van der Waals surface area contributed by atoms with Crippen molar-refractivity contribution in [3.63, 3.8) is 0 Å². The van der Waals surface area contributed by atoms with Crippen LogP contribution < -0.4 is 0 Å². The molecule has 0 atom stereocenters. The van der Waals surface area contributed by atoms with Gasteiger partial charge in [0, 0.05) is 5.75 Å². The monoisotopic (exact) mass is 146 g/mol. The molecule has 0 aromatic carbocycles. The van der Waals surface area contributed by atoms with Crippen LogP contribution in [0.3, 0.4) is 0 Å². The van der Waals surface area contributed by atoms with Gasteiger partial charge in [-0.3, -0.25) is 0 Å². The predicted octanol–water partition coefficient (Wildman–Crippen LogP) is 2.41. The molecule has 0 aliphatic rings. The second-order valence-electron chi connectivity index (χ2n) is 1.26. The fraction of sp³-hybridized carbons (Fsp3) is 0.667. The summed E-state index contributed by atoms with van der Waals surface area (Å²) in [6, 6.07) is 0. The van der Waals surface area contributed by atoms with Crippen molar-refractivity contribution in [2.45, 2.75) is 13.3 Å². The third kappa shape index (κ3) is 6.26. The second kappa shape index (κ2) is 7.26. The van der Waals surface area contributed by atoms with Crippen LogP contribution in [0.25, 0.3) is 0 Å². The maximum atomic E-state index is 2.97. The molecule has 0 aliphatic carbocycles. The Morgan fingerprint density at radius 3 is 2.62 bits per heavy atom. The number of hydrogen-bond donors (Lipinski definition) is 0. The molecule has 0 N–H and O–H groups in total. The van der Waals surface area contributed by atoms with Gasteiger partial charge >= 0.3 is 0 Å². The molecule has 0 aliphatic heterocycles. The summed E-state index contributed by atoms with van der Waals surface area (Å²) in [5.41, 5.74) is 0. The molecular weight excluding hydrogens is 136 g/mol. The first-order valence-electron chi connectivity index (χ1n) is 2.56. The molecule has 0 spiro atoms. The van der Waals surface area contributed by atoms with Crippen molar-refractivity contribution in [3.05, 3.63) is 0 Å². The molecule has 0 saturated carbocycles. The first-order chi connectivity index (χ1) is 3.91. The minimum absolute atomic E-state index is 1.16. The number of hydrogen-bond acceptors (Lipinski definition) is 2. The van der Waals surface area contributed by atoms with Crippen LogP contribution in [0, 0.1) is 10.5 Å². The molecule has 2 heteroatoms. The van der Waals surface area contributed by atoms with Gasteiger partial charge in [0.15, 0.2) is 0 Å². The first kappa shape index (κ1) is 8.26. The van der Waals surface area contributed by atoms with Crippen LogP contribution >= 0.6 is 23.5 Å². The van der Waals surface area contributed by atoms with Crippen LogP contribution in [0.2, 0.25) is 0 Å². The molecule has 0 bridgehead atoms. The van der Waals surface area contributed by atoms with Crippen molar-refractivity contribution in [1.29, 1.82) is 0 Å². The number of rotatable bonds is 2.